The number of ether oxygens (including phenoxy) is 1. The van der Waals surface area contributed by atoms with E-state index in [1.165, 1.54) is 26.2 Å². The highest BCUT2D eigenvalue weighted by atomic mass is 19.4. The maximum absolute atomic E-state index is 14.3. The van der Waals surface area contributed by atoms with E-state index in [2.05, 4.69) is 4.98 Å². The van der Waals surface area contributed by atoms with Gasteiger partial charge in [0.05, 0.1) is 13.0 Å². The summed E-state index contributed by atoms with van der Waals surface area (Å²) in [7, 11) is 1.36. The van der Waals surface area contributed by atoms with Crippen molar-refractivity contribution in [3.8, 4) is 5.75 Å². The predicted octanol–water partition coefficient (Wildman–Crippen LogP) is 4.87. The van der Waals surface area contributed by atoms with Crippen LogP contribution in [0, 0.1) is 25.6 Å². The Labute approximate surface area is 162 Å². The molecule has 154 valence electrons. The van der Waals surface area contributed by atoms with Gasteiger partial charge < -0.3 is 10.5 Å². The minimum Gasteiger partial charge on any atom is -0.496 e. The van der Waals surface area contributed by atoms with E-state index in [1.54, 1.807) is 26.0 Å². The Morgan fingerprint density at radius 2 is 1.71 bits per heavy atom. The van der Waals surface area contributed by atoms with Crippen LogP contribution in [-0.2, 0) is 11.8 Å². The molecule has 2 rings (SSSR count). The van der Waals surface area contributed by atoms with Gasteiger partial charge in [0, 0.05) is 22.4 Å². The second kappa shape index (κ2) is 8.47. The number of aromatic nitrogens is 1. The number of nitrogens with two attached hydrogens (primary N) is 1. The molecule has 2 N–H and O–H groups in total. The fourth-order valence-corrected chi connectivity index (χ4v) is 3.90. The molecule has 1 aromatic heterocycles. The first-order valence-corrected chi connectivity index (χ1v) is 9.06. The van der Waals surface area contributed by atoms with Gasteiger partial charge in [-0.2, -0.15) is 13.2 Å². The summed E-state index contributed by atoms with van der Waals surface area (Å²) in [4.78, 5) is 4.23. The highest BCUT2D eigenvalue weighted by molar-refractivity contribution is 5.41. The minimum atomic E-state index is -4.52. The quantitative estimate of drug-likeness (QED) is 0.677. The molecule has 0 spiro atoms. The number of nitrogens with zero attached hydrogens (tertiary/aromatic N) is 1. The molecular weight excluding hydrogens is 372 g/mol. The van der Waals surface area contributed by atoms with Gasteiger partial charge in [0.25, 0.3) is 0 Å². The van der Waals surface area contributed by atoms with Crippen molar-refractivity contribution in [2.75, 3.05) is 13.7 Å². The van der Waals surface area contributed by atoms with Crippen molar-refractivity contribution >= 4 is 0 Å². The number of halogens is 4. The Morgan fingerprint density at radius 3 is 2.21 bits per heavy atom. The second-order valence-electron chi connectivity index (χ2n) is 7.36. The fourth-order valence-electron chi connectivity index (χ4n) is 3.90. The first-order chi connectivity index (χ1) is 13.0. The standard InChI is InChI=1S/C21H26F4N2O/c1-13-9-15(10-14(2)27-13)11-19(21(23,24)25)20(3,7-8-26)17-12-16(22)5-6-18(17)28-4/h5-6,9-10,12,19H,7-8,11,26H2,1-4H3. The monoisotopic (exact) mass is 398 g/mol. The molecule has 0 aliphatic carbocycles. The van der Waals surface area contributed by atoms with Gasteiger partial charge >= 0.3 is 6.18 Å². The van der Waals surface area contributed by atoms with Gasteiger partial charge in [-0.3, -0.25) is 4.98 Å². The Bertz CT molecular complexity index is 802. The van der Waals surface area contributed by atoms with Gasteiger partial charge in [-0.1, -0.05) is 6.92 Å². The molecule has 0 fully saturated rings. The number of hydrogen-bond acceptors (Lipinski definition) is 3. The molecule has 28 heavy (non-hydrogen) atoms. The maximum atomic E-state index is 14.3. The smallest absolute Gasteiger partial charge is 0.392 e. The van der Waals surface area contributed by atoms with E-state index in [-0.39, 0.29) is 30.7 Å². The van der Waals surface area contributed by atoms with E-state index in [4.69, 9.17) is 10.5 Å². The largest absolute Gasteiger partial charge is 0.496 e. The molecule has 0 saturated heterocycles. The highest BCUT2D eigenvalue weighted by Gasteiger charge is 2.52. The van der Waals surface area contributed by atoms with Crippen LogP contribution in [-0.4, -0.2) is 24.8 Å². The summed E-state index contributed by atoms with van der Waals surface area (Å²) in [6.45, 7) is 4.99. The van der Waals surface area contributed by atoms with E-state index in [1.807, 2.05) is 0 Å². The molecule has 3 nitrogen and oxygen atoms in total. The molecule has 0 aliphatic rings. The predicted molar refractivity (Wildman–Crippen MR) is 101 cm³/mol. The number of methoxy groups -OCH3 is 1. The van der Waals surface area contributed by atoms with Crippen molar-refractivity contribution in [3.05, 3.63) is 58.7 Å². The SMILES string of the molecule is COc1ccc(F)cc1C(C)(CCN)C(Cc1cc(C)nc(C)c1)C(F)(F)F. The first-order valence-electron chi connectivity index (χ1n) is 9.06. The van der Waals surface area contributed by atoms with E-state index >= 15 is 0 Å². The van der Waals surface area contributed by atoms with Crippen LogP contribution >= 0.6 is 0 Å². The first kappa shape index (κ1) is 22.1. The van der Waals surface area contributed by atoms with Crippen LogP contribution in [0.3, 0.4) is 0 Å². The molecule has 0 radical (unpaired) electrons. The third-order valence-corrected chi connectivity index (χ3v) is 5.19. The molecule has 0 saturated carbocycles. The number of alkyl halides is 3. The van der Waals surface area contributed by atoms with E-state index in [9.17, 15) is 17.6 Å². The minimum absolute atomic E-state index is 0.0249. The van der Waals surface area contributed by atoms with Crippen LogP contribution in [0.1, 0.15) is 35.9 Å². The molecule has 0 aliphatic heterocycles. The van der Waals surface area contributed by atoms with Gasteiger partial charge in [-0.25, -0.2) is 4.39 Å². The maximum Gasteiger partial charge on any atom is 0.392 e. The summed E-state index contributed by atoms with van der Waals surface area (Å²) < 4.78 is 62.0. The zero-order valence-corrected chi connectivity index (χ0v) is 16.5. The topological polar surface area (TPSA) is 48.1 Å². The van der Waals surface area contributed by atoms with Gasteiger partial charge in [0.1, 0.15) is 11.6 Å². The van der Waals surface area contributed by atoms with Crippen molar-refractivity contribution < 1.29 is 22.3 Å². The number of rotatable bonds is 7. The summed E-state index contributed by atoms with van der Waals surface area (Å²) in [5.74, 6) is -2.18. The van der Waals surface area contributed by atoms with Crippen LogP contribution in [0.5, 0.6) is 5.75 Å². The number of hydrogen-bond donors (Lipinski definition) is 1. The summed E-state index contributed by atoms with van der Waals surface area (Å²) in [6.07, 6.45) is -4.75. The zero-order valence-electron chi connectivity index (χ0n) is 16.5. The second-order valence-corrected chi connectivity index (χ2v) is 7.36. The number of aryl methyl sites for hydroxylation is 2. The van der Waals surface area contributed by atoms with Gasteiger partial charge in [0.15, 0.2) is 0 Å². The Hall–Kier alpha value is -2.15. The molecule has 2 aromatic rings. The normalized spacial score (nSPS) is 15.2. The molecule has 2 atom stereocenters. The van der Waals surface area contributed by atoms with Crippen molar-refractivity contribution in [1.29, 1.82) is 0 Å². The summed E-state index contributed by atoms with van der Waals surface area (Å²) >= 11 is 0. The van der Waals surface area contributed by atoms with Crippen LogP contribution in [0.15, 0.2) is 30.3 Å². The zero-order chi connectivity index (χ0) is 21.1. The summed E-state index contributed by atoms with van der Waals surface area (Å²) in [5, 5.41) is 0. The third-order valence-electron chi connectivity index (χ3n) is 5.19. The Balaban J connectivity index is 2.64. The van der Waals surface area contributed by atoms with E-state index in [0.717, 1.165) is 6.07 Å². The lowest BCUT2D eigenvalue weighted by Crippen LogP contribution is -2.44. The lowest BCUT2D eigenvalue weighted by molar-refractivity contribution is -0.193. The lowest BCUT2D eigenvalue weighted by Gasteiger charge is -2.40. The van der Waals surface area contributed by atoms with E-state index < -0.39 is 23.3 Å². The Morgan fingerprint density at radius 1 is 1.11 bits per heavy atom. The molecule has 2 unspecified atom stereocenters. The van der Waals surface area contributed by atoms with Gasteiger partial charge in [-0.15, -0.1) is 0 Å². The lowest BCUT2D eigenvalue weighted by atomic mass is 9.66. The van der Waals surface area contributed by atoms with Crippen molar-refractivity contribution in [2.24, 2.45) is 11.7 Å². The average molecular weight is 398 g/mol. The molecule has 7 heteroatoms. The van der Waals surface area contributed by atoms with Crippen molar-refractivity contribution in [2.45, 2.75) is 45.2 Å². The van der Waals surface area contributed by atoms with Gasteiger partial charge in [0.2, 0.25) is 0 Å². The van der Waals surface area contributed by atoms with Crippen LogP contribution in [0.4, 0.5) is 17.6 Å². The Kier molecular flexibility index (Phi) is 6.70. The number of benzene rings is 1. The van der Waals surface area contributed by atoms with Gasteiger partial charge in [-0.05, 0) is 69.1 Å². The molecule has 0 bridgehead atoms. The van der Waals surface area contributed by atoms with Crippen molar-refractivity contribution in [1.82, 2.24) is 4.98 Å². The number of pyridine rings is 1. The van der Waals surface area contributed by atoms with Crippen LogP contribution in [0.25, 0.3) is 0 Å². The van der Waals surface area contributed by atoms with Crippen LogP contribution < -0.4 is 10.5 Å². The molecule has 1 aromatic carbocycles. The van der Waals surface area contributed by atoms with E-state index in [0.29, 0.717) is 17.0 Å². The third kappa shape index (κ3) is 4.82. The molecular formula is C21H26F4N2O. The summed E-state index contributed by atoms with van der Waals surface area (Å²) in [6, 6.07) is 6.95. The fraction of sp³-hybridized carbons (Fsp3) is 0.476. The highest BCUT2D eigenvalue weighted by Crippen LogP contribution is 2.48. The van der Waals surface area contributed by atoms with Crippen molar-refractivity contribution in [3.63, 3.8) is 0 Å². The van der Waals surface area contributed by atoms with Crippen LogP contribution in [0.2, 0.25) is 0 Å². The molecule has 1 heterocycles. The summed E-state index contributed by atoms with van der Waals surface area (Å²) in [5.41, 5.74) is 6.24. The average Bonchev–Trinajstić information content (AvgIpc) is 2.58. The molecule has 0 amide bonds.